The number of hydrogen-bond donors (Lipinski definition) is 2. The van der Waals surface area contributed by atoms with Crippen molar-refractivity contribution in [3.05, 3.63) is 0 Å². The Hall–Kier alpha value is -0.0900. The maximum Gasteiger partial charge on any atom is 0.191 e. The molecule has 0 radical (unpaired) electrons. The Morgan fingerprint density at radius 3 is 2.35 bits per heavy atom. The lowest BCUT2D eigenvalue weighted by Gasteiger charge is -2.25. The standard InChI is InChI=1S/C12H27N3O3S.HI/c1-10(7-8-19(6,16)17)15-11(13-4)14-9-12(2,3)18-5;/h10H,7-9H2,1-6H3,(H2,13,14,15);1H. The van der Waals surface area contributed by atoms with Crippen LogP contribution in [0.3, 0.4) is 0 Å². The summed E-state index contributed by atoms with van der Waals surface area (Å²) < 4.78 is 27.5. The first-order valence-corrected chi connectivity index (χ1v) is 8.36. The molecule has 0 aromatic heterocycles. The van der Waals surface area contributed by atoms with Crippen molar-refractivity contribution in [3.63, 3.8) is 0 Å². The molecule has 0 rings (SSSR count). The van der Waals surface area contributed by atoms with Crippen LogP contribution in [0.2, 0.25) is 0 Å². The third-order valence-electron chi connectivity index (χ3n) is 2.76. The Balaban J connectivity index is 0. The summed E-state index contributed by atoms with van der Waals surface area (Å²) in [7, 11) is 0.417. The molecule has 0 spiro atoms. The molecule has 8 heteroatoms. The van der Waals surface area contributed by atoms with E-state index in [1.807, 2.05) is 20.8 Å². The minimum Gasteiger partial charge on any atom is -0.377 e. The van der Waals surface area contributed by atoms with Crippen LogP contribution in [-0.2, 0) is 14.6 Å². The zero-order valence-electron chi connectivity index (χ0n) is 13.2. The molecule has 0 bridgehead atoms. The topological polar surface area (TPSA) is 79.8 Å². The SMILES string of the molecule is CN=C(NCC(C)(C)OC)NC(C)CCS(C)(=O)=O.I. The number of rotatable bonds is 7. The van der Waals surface area contributed by atoms with Crippen LogP contribution >= 0.6 is 24.0 Å². The van der Waals surface area contributed by atoms with Crippen LogP contribution in [0, 0.1) is 0 Å². The number of methoxy groups -OCH3 is 1. The molecule has 0 saturated carbocycles. The van der Waals surface area contributed by atoms with Crippen molar-refractivity contribution in [2.45, 2.75) is 38.8 Å². The summed E-state index contributed by atoms with van der Waals surface area (Å²) in [5, 5.41) is 6.31. The first-order valence-electron chi connectivity index (χ1n) is 6.29. The molecule has 2 N–H and O–H groups in total. The summed E-state index contributed by atoms with van der Waals surface area (Å²) in [6.07, 6.45) is 1.79. The van der Waals surface area contributed by atoms with Gasteiger partial charge < -0.3 is 15.4 Å². The number of nitrogens with zero attached hydrogens (tertiary/aromatic N) is 1. The largest absolute Gasteiger partial charge is 0.377 e. The van der Waals surface area contributed by atoms with Gasteiger partial charge in [0.25, 0.3) is 0 Å². The van der Waals surface area contributed by atoms with Gasteiger partial charge in [-0.05, 0) is 27.2 Å². The monoisotopic (exact) mass is 421 g/mol. The van der Waals surface area contributed by atoms with Crippen LogP contribution in [0.1, 0.15) is 27.2 Å². The van der Waals surface area contributed by atoms with Crippen molar-refractivity contribution in [2.24, 2.45) is 4.99 Å². The molecule has 122 valence electrons. The van der Waals surface area contributed by atoms with E-state index in [1.54, 1.807) is 14.2 Å². The van der Waals surface area contributed by atoms with Gasteiger partial charge in [-0.15, -0.1) is 24.0 Å². The van der Waals surface area contributed by atoms with Gasteiger partial charge in [-0.1, -0.05) is 0 Å². The number of nitrogens with one attached hydrogen (secondary N) is 2. The van der Waals surface area contributed by atoms with E-state index in [4.69, 9.17) is 4.74 Å². The molecule has 0 aliphatic carbocycles. The van der Waals surface area contributed by atoms with Gasteiger partial charge in [-0.25, -0.2) is 8.42 Å². The van der Waals surface area contributed by atoms with E-state index in [2.05, 4.69) is 15.6 Å². The smallest absolute Gasteiger partial charge is 0.191 e. The fourth-order valence-corrected chi connectivity index (χ4v) is 2.04. The van der Waals surface area contributed by atoms with E-state index in [-0.39, 0.29) is 41.4 Å². The third-order valence-corrected chi connectivity index (χ3v) is 3.74. The fourth-order valence-electron chi connectivity index (χ4n) is 1.26. The predicted molar refractivity (Wildman–Crippen MR) is 94.8 cm³/mol. The van der Waals surface area contributed by atoms with E-state index >= 15 is 0 Å². The molecule has 0 aromatic rings. The van der Waals surface area contributed by atoms with Gasteiger partial charge >= 0.3 is 0 Å². The highest BCUT2D eigenvalue weighted by molar-refractivity contribution is 14.0. The average molecular weight is 421 g/mol. The summed E-state index contributed by atoms with van der Waals surface area (Å²) >= 11 is 0. The molecule has 0 aromatic carbocycles. The van der Waals surface area contributed by atoms with E-state index in [9.17, 15) is 8.42 Å². The zero-order chi connectivity index (χ0) is 15.1. The Morgan fingerprint density at radius 1 is 1.40 bits per heavy atom. The molecule has 0 heterocycles. The molecule has 0 aliphatic heterocycles. The van der Waals surface area contributed by atoms with E-state index in [0.29, 0.717) is 18.9 Å². The highest BCUT2D eigenvalue weighted by Gasteiger charge is 2.17. The van der Waals surface area contributed by atoms with Crippen molar-refractivity contribution in [3.8, 4) is 0 Å². The predicted octanol–water partition coefficient (Wildman–Crippen LogP) is 1.02. The van der Waals surface area contributed by atoms with Gasteiger partial charge in [0, 0.05) is 33.0 Å². The maximum atomic E-state index is 11.1. The summed E-state index contributed by atoms with van der Waals surface area (Å²) in [5.74, 6) is 0.813. The molecular weight excluding hydrogens is 393 g/mol. The van der Waals surface area contributed by atoms with Crippen LogP contribution in [-0.4, -0.2) is 58.7 Å². The summed E-state index contributed by atoms with van der Waals surface area (Å²) in [6, 6.07) is 0.0339. The van der Waals surface area contributed by atoms with Crippen LogP contribution < -0.4 is 10.6 Å². The lowest BCUT2D eigenvalue weighted by atomic mass is 10.1. The first kappa shape index (κ1) is 22.2. The minimum absolute atomic E-state index is 0. The summed E-state index contributed by atoms with van der Waals surface area (Å²) in [6.45, 7) is 6.49. The summed E-state index contributed by atoms with van der Waals surface area (Å²) in [4.78, 5) is 4.10. The number of sulfone groups is 1. The summed E-state index contributed by atoms with van der Waals surface area (Å²) in [5.41, 5.74) is -0.284. The number of guanidine groups is 1. The van der Waals surface area contributed by atoms with E-state index < -0.39 is 9.84 Å². The van der Waals surface area contributed by atoms with Gasteiger partial charge in [0.1, 0.15) is 9.84 Å². The third kappa shape index (κ3) is 11.7. The molecule has 1 atom stereocenters. The van der Waals surface area contributed by atoms with Crippen molar-refractivity contribution >= 4 is 39.8 Å². The van der Waals surface area contributed by atoms with Crippen molar-refractivity contribution in [1.82, 2.24) is 10.6 Å². The maximum absolute atomic E-state index is 11.1. The highest BCUT2D eigenvalue weighted by atomic mass is 127. The Bertz CT molecular complexity index is 397. The molecule has 0 aliphatic rings. The minimum atomic E-state index is -2.92. The molecule has 0 fully saturated rings. The van der Waals surface area contributed by atoms with Gasteiger partial charge in [-0.3, -0.25) is 4.99 Å². The fraction of sp³-hybridized carbons (Fsp3) is 0.917. The van der Waals surface area contributed by atoms with Gasteiger partial charge in [0.05, 0.1) is 11.4 Å². The second kappa shape index (κ2) is 9.78. The van der Waals surface area contributed by atoms with Gasteiger partial charge in [0.15, 0.2) is 5.96 Å². The van der Waals surface area contributed by atoms with Crippen LogP contribution in [0.4, 0.5) is 0 Å². The lowest BCUT2D eigenvalue weighted by molar-refractivity contribution is 0.0268. The number of halogens is 1. The quantitative estimate of drug-likeness (QED) is 0.365. The molecule has 1 unspecified atom stereocenters. The highest BCUT2D eigenvalue weighted by Crippen LogP contribution is 2.04. The Kier molecular flexibility index (Phi) is 10.8. The number of hydrogen-bond acceptors (Lipinski definition) is 4. The average Bonchev–Trinajstić information content (AvgIpc) is 2.31. The number of ether oxygens (including phenoxy) is 1. The second-order valence-corrected chi connectivity index (χ2v) is 7.61. The van der Waals surface area contributed by atoms with E-state index in [0.717, 1.165) is 0 Å². The van der Waals surface area contributed by atoms with Crippen molar-refractivity contribution in [2.75, 3.05) is 32.7 Å². The Morgan fingerprint density at radius 2 is 1.95 bits per heavy atom. The molecule has 0 amide bonds. The molecule has 0 saturated heterocycles. The zero-order valence-corrected chi connectivity index (χ0v) is 16.3. The molecule has 20 heavy (non-hydrogen) atoms. The van der Waals surface area contributed by atoms with E-state index in [1.165, 1.54) is 6.26 Å². The van der Waals surface area contributed by atoms with Crippen molar-refractivity contribution in [1.29, 1.82) is 0 Å². The lowest BCUT2D eigenvalue weighted by Crippen LogP contribution is -2.48. The second-order valence-electron chi connectivity index (χ2n) is 5.35. The van der Waals surface area contributed by atoms with Crippen molar-refractivity contribution < 1.29 is 13.2 Å². The van der Waals surface area contributed by atoms with Gasteiger partial charge in [0.2, 0.25) is 0 Å². The van der Waals surface area contributed by atoms with Crippen LogP contribution in [0.25, 0.3) is 0 Å². The molecular formula is C12H28IN3O3S. The van der Waals surface area contributed by atoms with Crippen LogP contribution in [0.5, 0.6) is 0 Å². The van der Waals surface area contributed by atoms with Gasteiger partial charge in [-0.2, -0.15) is 0 Å². The Labute approximate surface area is 140 Å². The number of aliphatic imine (C=N–C) groups is 1. The molecule has 6 nitrogen and oxygen atoms in total. The van der Waals surface area contributed by atoms with Crippen LogP contribution in [0.15, 0.2) is 4.99 Å². The normalized spacial score (nSPS) is 14.4. The first-order chi connectivity index (χ1) is 8.59.